The molecular formula is C32H35NO6. The van der Waals surface area contributed by atoms with E-state index in [0.717, 1.165) is 28.2 Å². The third-order valence-corrected chi connectivity index (χ3v) is 5.90. The van der Waals surface area contributed by atoms with E-state index in [1.54, 1.807) is 0 Å². The second-order valence-corrected chi connectivity index (χ2v) is 8.70. The molecule has 0 radical (unpaired) electrons. The van der Waals surface area contributed by atoms with Gasteiger partial charge >= 0.3 is 0 Å². The molecule has 4 rings (SSSR count). The molecule has 0 bridgehead atoms. The molecule has 2 atom stereocenters. The lowest BCUT2D eigenvalue weighted by atomic mass is 10.0. The van der Waals surface area contributed by atoms with Crippen LogP contribution in [-0.4, -0.2) is 49.2 Å². The molecule has 4 aromatic rings. The zero-order valence-corrected chi connectivity index (χ0v) is 22.3. The molecule has 0 saturated heterocycles. The molecule has 0 spiro atoms. The molecule has 7 nitrogen and oxygen atoms in total. The number of ether oxygens (including phenoxy) is 4. The van der Waals surface area contributed by atoms with Crippen LogP contribution in [-0.2, 0) is 9.47 Å². The fourth-order valence-electron chi connectivity index (χ4n) is 4.05. The molecular weight excluding hydrogens is 494 g/mol. The molecule has 204 valence electrons. The van der Waals surface area contributed by atoms with Crippen LogP contribution < -0.4 is 14.4 Å². The predicted octanol–water partition coefficient (Wildman–Crippen LogP) is 6.29. The van der Waals surface area contributed by atoms with E-state index in [-0.39, 0.29) is 13.2 Å². The number of nitrogens with zero attached hydrogens (tertiary/aromatic N) is 1. The van der Waals surface area contributed by atoms with Crippen molar-refractivity contribution in [1.29, 1.82) is 0 Å². The lowest BCUT2D eigenvalue weighted by Crippen LogP contribution is -2.22. The Bertz CT molecular complexity index is 1250. The van der Waals surface area contributed by atoms with Crippen LogP contribution in [0.4, 0.5) is 17.1 Å². The maximum absolute atomic E-state index is 9.99. The van der Waals surface area contributed by atoms with Crippen LogP contribution in [0.15, 0.2) is 103 Å². The highest BCUT2D eigenvalue weighted by Crippen LogP contribution is 2.36. The summed E-state index contributed by atoms with van der Waals surface area (Å²) in [5.74, 6) is 1.14. The number of anilines is 3. The Morgan fingerprint density at radius 1 is 0.538 bits per heavy atom. The van der Waals surface area contributed by atoms with Gasteiger partial charge in [-0.25, -0.2) is 0 Å². The van der Waals surface area contributed by atoms with Gasteiger partial charge in [0.05, 0.1) is 0 Å². The van der Waals surface area contributed by atoms with Gasteiger partial charge in [-0.15, -0.1) is 0 Å². The fraction of sp³-hybridized carbons (Fsp3) is 0.250. The van der Waals surface area contributed by atoms with Crippen molar-refractivity contribution in [2.24, 2.45) is 0 Å². The number of hydrogen-bond acceptors (Lipinski definition) is 7. The number of aliphatic hydroxyl groups excluding tert-OH is 2. The number of para-hydroxylation sites is 1. The highest BCUT2D eigenvalue weighted by molar-refractivity contribution is 5.78. The van der Waals surface area contributed by atoms with Crippen molar-refractivity contribution in [2.75, 3.05) is 31.3 Å². The summed E-state index contributed by atoms with van der Waals surface area (Å²) in [6.07, 6.45) is -2.02. The first-order valence-corrected chi connectivity index (χ1v) is 13.1. The molecule has 0 heterocycles. The number of rotatable bonds is 14. The molecule has 0 aliphatic heterocycles. The van der Waals surface area contributed by atoms with Gasteiger partial charge in [-0.1, -0.05) is 42.5 Å². The number of hydrogen-bond donors (Lipinski definition) is 2. The Labute approximate surface area is 229 Å². The molecule has 0 aliphatic carbocycles. The van der Waals surface area contributed by atoms with Gasteiger partial charge < -0.3 is 34.1 Å². The van der Waals surface area contributed by atoms with Crippen molar-refractivity contribution in [1.82, 2.24) is 0 Å². The van der Waals surface area contributed by atoms with E-state index in [1.165, 1.54) is 0 Å². The van der Waals surface area contributed by atoms with Gasteiger partial charge in [0, 0.05) is 30.3 Å². The third-order valence-electron chi connectivity index (χ3n) is 5.90. The Hall–Kier alpha value is -3.88. The second kappa shape index (κ2) is 14.3. The quantitative estimate of drug-likeness (QED) is 0.186. The molecule has 0 fully saturated rings. The van der Waals surface area contributed by atoms with Gasteiger partial charge in [-0.3, -0.25) is 0 Å². The summed E-state index contributed by atoms with van der Waals surface area (Å²) >= 11 is 0. The first-order valence-electron chi connectivity index (χ1n) is 13.1. The lowest BCUT2D eigenvalue weighted by molar-refractivity contribution is -0.0751. The maximum atomic E-state index is 9.99. The van der Waals surface area contributed by atoms with Crippen LogP contribution in [0.3, 0.4) is 0 Å². The van der Waals surface area contributed by atoms with Crippen molar-refractivity contribution >= 4 is 17.1 Å². The Morgan fingerprint density at radius 3 is 1.38 bits per heavy atom. The van der Waals surface area contributed by atoms with Gasteiger partial charge in [0.15, 0.2) is 0 Å². The average Bonchev–Trinajstić information content (AvgIpc) is 2.97. The van der Waals surface area contributed by atoms with Gasteiger partial charge in [-0.05, 0) is 85.6 Å². The van der Waals surface area contributed by atoms with Crippen LogP contribution >= 0.6 is 0 Å². The van der Waals surface area contributed by atoms with Crippen LogP contribution in [0.1, 0.15) is 13.8 Å². The zero-order valence-electron chi connectivity index (χ0n) is 22.3. The normalized spacial score (nSPS) is 12.5. The standard InChI is InChI=1S/C32H35NO6/c1-3-36-22-31(34)38-29-18-12-25(13-19-29)24-10-14-27(15-11-24)33(26-8-6-5-7-9-26)28-16-20-30(21-17-28)39-32(35)23-37-4-2/h5-21,31-32,34-35H,3-4,22-23H2,1-2H3. The first-order chi connectivity index (χ1) is 19.1. The largest absolute Gasteiger partial charge is 0.463 e. The summed E-state index contributed by atoms with van der Waals surface area (Å²) in [6.45, 7) is 5.03. The monoisotopic (exact) mass is 529 g/mol. The van der Waals surface area contributed by atoms with E-state index >= 15 is 0 Å². The Morgan fingerprint density at radius 2 is 0.923 bits per heavy atom. The van der Waals surface area contributed by atoms with Gasteiger partial charge in [0.1, 0.15) is 24.7 Å². The second-order valence-electron chi connectivity index (χ2n) is 8.70. The fourth-order valence-corrected chi connectivity index (χ4v) is 4.05. The molecule has 7 heteroatoms. The molecule has 0 amide bonds. The molecule has 2 unspecified atom stereocenters. The summed E-state index contributed by atoms with van der Waals surface area (Å²) in [5.41, 5.74) is 5.05. The van der Waals surface area contributed by atoms with E-state index in [1.807, 2.05) is 80.6 Å². The van der Waals surface area contributed by atoms with Crippen molar-refractivity contribution in [2.45, 2.75) is 26.4 Å². The summed E-state index contributed by atoms with van der Waals surface area (Å²) in [4.78, 5) is 2.15. The van der Waals surface area contributed by atoms with E-state index in [0.29, 0.717) is 24.7 Å². The Kier molecular flexibility index (Phi) is 10.3. The minimum atomic E-state index is -1.02. The molecule has 0 aromatic heterocycles. The number of aliphatic hydroxyl groups is 2. The van der Waals surface area contributed by atoms with E-state index in [9.17, 15) is 10.2 Å². The topological polar surface area (TPSA) is 80.6 Å². The third kappa shape index (κ3) is 8.05. The molecule has 39 heavy (non-hydrogen) atoms. The van der Waals surface area contributed by atoms with E-state index < -0.39 is 12.6 Å². The SMILES string of the molecule is CCOCC(O)Oc1ccc(-c2ccc(N(c3ccccc3)c3ccc(OC(O)COCC)cc3)cc2)cc1. The van der Waals surface area contributed by atoms with Crippen LogP contribution in [0.5, 0.6) is 11.5 Å². The van der Waals surface area contributed by atoms with Gasteiger partial charge in [-0.2, -0.15) is 0 Å². The van der Waals surface area contributed by atoms with Crippen LogP contribution in [0.2, 0.25) is 0 Å². The average molecular weight is 530 g/mol. The number of benzene rings is 4. The summed E-state index contributed by atoms with van der Waals surface area (Å²) in [5, 5.41) is 19.9. The van der Waals surface area contributed by atoms with Gasteiger partial charge in [0.25, 0.3) is 0 Å². The van der Waals surface area contributed by atoms with Gasteiger partial charge in [0.2, 0.25) is 12.6 Å². The van der Waals surface area contributed by atoms with Crippen molar-refractivity contribution in [3.63, 3.8) is 0 Å². The minimum Gasteiger partial charge on any atom is -0.463 e. The van der Waals surface area contributed by atoms with Crippen molar-refractivity contribution in [3.05, 3.63) is 103 Å². The zero-order chi connectivity index (χ0) is 27.5. The van der Waals surface area contributed by atoms with Crippen molar-refractivity contribution < 1.29 is 29.2 Å². The smallest absolute Gasteiger partial charge is 0.221 e. The molecule has 0 saturated carbocycles. The summed E-state index contributed by atoms with van der Waals surface area (Å²) < 4.78 is 21.5. The molecule has 4 aromatic carbocycles. The van der Waals surface area contributed by atoms with Crippen LogP contribution in [0, 0.1) is 0 Å². The Balaban J connectivity index is 1.51. The highest BCUT2D eigenvalue weighted by Gasteiger charge is 2.14. The van der Waals surface area contributed by atoms with E-state index in [4.69, 9.17) is 18.9 Å². The van der Waals surface area contributed by atoms with Crippen LogP contribution in [0.25, 0.3) is 11.1 Å². The predicted molar refractivity (Wildman–Crippen MR) is 153 cm³/mol. The first kappa shape index (κ1) is 28.1. The minimum absolute atomic E-state index is 0.117. The maximum Gasteiger partial charge on any atom is 0.221 e. The highest BCUT2D eigenvalue weighted by atomic mass is 16.6. The molecule has 0 aliphatic rings. The summed E-state index contributed by atoms with van der Waals surface area (Å²) in [7, 11) is 0. The van der Waals surface area contributed by atoms with E-state index in [2.05, 4.69) is 41.3 Å². The van der Waals surface area contributed by atoms with Crippen molar-refractivity contribution in [3.8, 4) is 22.6 Å². The summed E-state index contributed by atoms with van der Waals surface area (Å²) in [6, 6.07) is 33.6. The molecule has 2 N–H and O–H groups in total. The lowest BCUT2D eigenvalue weighted by Gasteiger charge is -2.26.